The maximum atomic E-state index is 12.5. The van der Waals surface area contributed by atoms with Crippen molar-refractivity contribution in [3.8, 4) is 6.07 Å². The molecule has 0 saturated carbocycles. The van der Waals surface area contributed by atoms with E-state index in [2.05, 4.69) is 16.0 Å². The lowest BCUT2D eigenvalue weighted by Gasteiger charge is -2.09. The van der Waals surface area contributed by atoms with Gasteiger partial charge in [0.1, 0.15) is 0 Å². The Bertz CT molecular complexity index is 1130. The van der Waals surface area contributed by atoms with Crippen LogP contribution in [0.25, 0.3) is 0 Å². The number of carbonyl (C=O) groups excluding carboxylic acids is 3. The second-order valence-electron chi connectivity index (χ2n) is 6.44. The lowest BCUT2D eigenvalue weighted by Crippen LogP contribution is -2.15. The highest BCUT2D eigenvalue weighted by Gasteiger charge is 2.11. The fourth-order valence-corrected chi connectivity index (χ4v) is 2.68. The van der Waals surface area contributed by atoms with Crippen molar-refractivity contribution < 1.29 is 14.4 Å². The number of hydrogen-bond donors (Lipinski definition) is 3. The van der Waals surface area contributed by atoms with E-state index in [0.29, 0.717) is 33.8 Å². The minimum atomic E-state index is -0.367. The van der Waals surface area contributed by atoms with Crippen LogP contribution in [0.15, 0.2) is 72.8 Å². The summed E-state index contributed by atoms with van der Waals surface area (Å²) in [5.74, 6) is -0.910. The Morgan fingerprint density at radius 3 is 1.57 bits per heavy atom. The zero-order valence-electron chi connectivity index (χ0n) is 16.1. The van der Waals surface area contributed by atoms with E-state index >= 15 is 0 Å². The minimum absolute atomic E-state index is 0.178. The molecule has 0 saturated heterocycles. The second kappa shape index (κ2) is 9.17. The van der Waals surface area contributed by atoms with Crippen LogP contribution in [-0.2, 0) is 4.79 Å². The summed E-state index contributed by atoms with van der Waals surface area (Å²) in [5.41, 5.74) is 2.88. The van der Waals surface area contributed by atoms with Crippen LogP contribution in [0.4, 0.5) is 17.1 Å². The number of benzene rings is 3. The van der Waals surface area contributed by atoms with Crippen LogP contribution >= 0.6 is 0 Å². The molecule has 0 spiro atoms. The zero-order valence-corrected chi connectivity index (χ0v) is 16.1. The Morgan fingerprint density at radius 1 is 0.700 bits per heavy atom. The van der Waals surface area contributed by atoms with Gasteiger partial charge in [-0.25, -0.2) is 0 Å². The SMILES string of the molecule is CC(=O)Nc1ccc(NC(=O)c2cccc(C(=O)Nc3ccc(C#N)cc3)c2)cc1. The topological polar surface area (TPSA) is 111 Å². The Hall–Kier alpha value is -4.44. The van der Waals surface area contributed by atoms with Crippen LogP contribution < -0.4 is 16.0 Å². The first-order valence-corrected chi connectivity index (χ1v) is 9.05. The number of rotatable bonds is 5. The third-order valence-corrected chi connectivity index (χ3v) is 4.12. The molecule has 3 aromatic rings. The van der Waals surface area contributed by atoms with Crippen LogP contribution in [-0.4, -0.2) is 17.7 Å². The summed E-state index contributed by atoms with van der Waals surface area (Å²) in [7, 11) is 0. The molecule has 3 rings (SSSR count). The molecular weight excluding hydrogens is 380 g/mol. The fourth-order valence-electron chi connectivity index (χ4n) is 2.68. The van der Waals surface area contributed by atoms with Crippen molar-refractivity contribution >= 4 is 34.8 Å². The summed E-state index contributed by atoms with van der Waals surface area (Å²) in [6.45, 7) is 1.42. The van der Waals surface area contributed by atoms with Crippen molar-refractivity contribution in [2.75, 3.05) is 16.0 Å². The van der Waals surface area contributed by atoms with Gasteiger partial charge in [0.05, 0.1) is 11.6 Å². The van der Waals surface area contributed by atoms with Gasteiger partial charge >= 0.3 is 0 Å². The molecule has 148 valence electrons. The highest BCUT2D eigenvalue weighted by Crippen LogP contribution is 2.16. The monoisotopic (exact) mass is 398 g/mol. The molecule has 3 N–H and O–H groups in total. The van der Waals surface area contributed by atoms with Gasteiger partial charge in [-0.2, -0.15) is 5.26 Å². The van der Waals surface area contributed by atoms with E-state index < -0.39 is 0 Å². The van der Waals surface area contributed by atoms with Crippen molar-refractivity contribution in [3.05, 3.63) is 89.5 Å². The maximum absolute atomic E-state index is 12.5. The van der Waals surface area contributed by atoms with E-state index in [9.17, 15) is 14.4 Å². The largest absolute Gasteiger partial charge is 0.326 e. The van der Waals surface area contributed by atoms with Gasteiger partial charge in [0.2, 0.25) is 5.91 Å². The smallest absolute Gasteiger partial charge is 0.255 e. The molecular formula is C23H18N4O3. The van der Waals surface area contributed by atoms with Gasteiger partial charge in [0.15, 0.2) is 0 Å². The van der Waals surface area contributed by atoms with Crippen molar-refractivity contribution in [2.24, 2.45) is 0 Å². The van der Waals surface area contributed by atoms with Crippen molar-refractivity contribution in [2.45, 2.75) is 6.92 Å². The minimum Gasteiger partial charge on any atom is -0.326 e. The standard InChI is InChI=1S/C23H18N4O3/c1-15(28)25-19-9-11-21(12-10-19)27-23(30)18-4-2-3-17(13-18)22(29)26-20-7-5-16(14-24)6-8-20/h2-13H,1H3,(H,25,28)(H,26,29)(H,27,30). The molecule has 30 heavy (non-hydrogen) atoms. The highest BCUT2D eigenvalue weighted by molar-refractivity contribution is 6.08. The van der Waals surface area contributed by atoms with E-state index in [1.807, 2.05) is 6.07 Å². The molecule has 7 nitrogen and oxygen atoms in total. The predicted molar refractivity (Wildman–Crippen MR) is 114 cm³/mol. The molecule has 0 bridgehead atoms. The molecule has 0 fully saturated rings. The third-order valence-electron chi connectivity index (χ3n) is 4.12. The zero-order chi connectivity index (χ0) is 21.5. The summed E-state index contributed by atoms with van der Waals surface area (Å²) in [4.78, 5) is 36.1. The number of nitrogens with zero attached hydrogens (tertiary/aromatic N) is 1. The lowest BCUT2D eigenvalue weighted by molar-refractivity contribution is -0.114. The number of nitrogens with one attached hydrogen (secondary N) is 3. The normalized spacial score (nSPS) is 9.87. The Balaban J connectivity index is 1.67. The summed E-state index contributed by atoms with van der Waals surface area (Å²) in [5, 5.41) is 17.0. The van der Waals surface area contributed by atoms with E-state index in [-0.39, 0.29) is 17.7 Å². The first-order chi connectivity index (χ1) is 14.4. The number of anilines is 3. The van der Waals surface area contributed by atoms with E-state index in [1.165, 1.54) is 13.0 Å². The van der Waals surface area contributed by atoms with Crippen molar-refractivity contribution in [1.82, 2.24) is 0 Å². The first kappa shape index (κ1) is 20.3. The third kappa shape index (κ3) is 5.30. The summed E-state index contributed by atoms with van der Waals surface area (Å²) < 4.78 is 0. The number of carbonyl (C=O) groups is 3. The van der Waals surface area contributed by atoms with Crippen molar-refractivity contribution in [3.63, 3.8) is 0 Å². The van der Waals surface area contributed by atoms with Crippen LogP contribution in [0.1, 0.15) is 33.2 Å². The first-order valence-electron chi connectivity index (χ1n) is 9.05. The summed E-state index contributed by atoms with van der Waals surface area (Å²) >= 11 is 0. The van der Waals surface area contributed by atoms with Gasteiger partial charge in [0, 0.05) is 35.1 Å². The average Bonchev–Trinajstić information content (AvgIpc) is 2.75. The average molecular weight is 398 g/mol. The van der Waals surface area contributed by atoms with Gasteiger partial charge < -0.3 is 16.0 Å². The highest BCUT2D eigenvalue weighted by atomic mass is 16.2. The van der Waals surface area contributed by atoms with Crippen LogP contribution in [0.2, 0.25) is 0 Å². The molecule has 0 atom stereocenters. The number of amides is 3. The molecule has 0 aromatic heterocycles. The second-order valence-corrected chi connectivity index (χ2v) is 6.44. The van der Waals surface area contributed by atoms with Gasteiger partial charge in [-0.1, -0.05) is 6.07 Å². The van der Waals surface area contributed by atoms with Gasteiger partial charge in [-0.3, -0.25) is 14.4 Å². The Labute approximate surface area is 173 Å². The quantitative estimate of drug-likeness (QED) is 0.603. The fraction of sp³-hybridized carbons (Fsp3) is 0.0435. The summed E-state index contributed by atoms with van der Waals surface area (Å²) in [6.07, 6.45) is 0. The molecule has 0 heterocycles. The molecule has 3 aromatic carbocycles. The maximum Gasteiger partial charge on any atom is 0.255 e. The molecule has 0 radical (unpaired) electrons. The lowest BCUT2D eigenvalue weighted by atomic mass is 10.1. The van der Waals surface area contributed by atoms with E-state index in [1.54, 1.807) is 66.7 Å². The van der Waals surface area contributed by atoms with Gasteiger partial charge in [0.25, 0.3) is 11.8 Å². The van der Waals surface area contributed by atoms with Crippen LogP contribution in [0.3, 0.4) is 0 Å². The molecule has 0 unspecified atom stereocenters. The van der Waals surface area contributed by atoms with Crippen LogP contribution in [0, 0.1) is 11.3 Å². The van der Waals surface area contributed by atoms with Gasteiger partial charge in [-0.05, 0) is 66.7 Å². The molecule has 3 amide bonds. The molecule has 0 aliphatic carbocycles. The predicted octanol–water partition coefficient (Wildman–Crippen LogP) is 4.02. The van der Waals surface area contributed by atoms with Crippen LogP contribution in [0.5, 0.6) is 0 Å². The number of hydrogen-bond acceptors (Lipinski definition) is 4. The summed E-state index contributed by atoms with van der Waals surface area (Å²) in [6, 6.07) is 21.6. The Morgan fingerprint density at radius 2 is 1.13 bits per heavy atom. The van der Waals surface area contributed by atoms with Crippen molar-refractivity contribution in [1.29, 1.82) is 5.26 Å². The molecule has 0 aliphatic heterocycles. The van der Waals surface area contributed by atoms with E-state index in [4.69, 9.17) is 5.26 Å². The van der Waals surface area contributed by atoms with Gasteiger partial charge in [-0.15, -0.1) is 0 Å². The molecule has 7 heteroatoms. The number of nitriles is 1. The Kier molecular flexibility index (Phi) is 6.20. The van der Waals surface area contributed by atoms with E-state index in [0.717, 1.165) is 0 Å². The molecule has 0 aliphatic rings.